The first-order chi connectivity index (χ1) is 15.1. The Kier molecular flexibility index (Phi) is 7.51. The van der Waals surface area contributed by atoms with Crippen LogP contribution >= 0.6 is 0 Å². The van der Waals surface area contributed by atoms with Crippen molar-refractivity contribution in [2.24, 2.45) is 0 Å². The summed E-state index contributed by atoms with van der Waals surface area (Å²) >= 11 is 0. The fourth-order valence-electron chi connectivity index (χ4n) is 6.61. The molecule has 2 aromatic carbocycles. The highest BCUT2D eigenvalue weighted by atomic mass is 15.4. The van der Waals surface area contributed by atoms with Crippen LogP contribution in [0.1, 0.15) is 68.9 Å². The van der Waals surface area contributed by atoms with Crippen molar-refractivity contribution in [1.82, 2.24) is 0 Å². The van der Waals surface area contributed by atoms with Gasteiger partial charge in [-0.2, -0.15) is 0 Å². The summed E-state index contributed by atoms with van der Waals surface area (Å²) in [7, 11) is 5.07. The van der Waals surface area contributed by atoms with Crippen LogP contribution in [0.15, 0.2) is 60.7 Å². The third-order valence-corrected chi connectivity index (χ3v) is 8.52. The molecular formula is C29H44N2+2. The van der Waals surface area contributed by atoms with Crippen LogP contribution in [-0.2, 0) is 13.1 Å². The molecule has 0 spiro atoms. The molecule has 4 atom stereocenters. The molecule has 0 bridgehead atoms. The molecule has 0 N–H and O–H groups in total. The Balaban J connectivity index is 1.36. The van der Waals surface area contributed by atoms with Crippen molar-refractivity contribution in [2.45, 2.75) is 83.0 Å². The first-order valence-corrected chi connectivity index (χ1v) is 12.8. The minimum absolute atomic E-state index is 0.838. The van der Waals surface area contributed by atoms with Crippen LogP contribution in [0.5, 0.6) is 0 Å². The molecule has 2 aromatic rings. The third kappa shape index (κ3) is 5.79. The average molecular weight is 421 g/mol. The van der Waals surface area contributed by atoms with Gasteiger partial charge < -0.3 is 8.97 Å². The zero-order valence-corrected chi connectivity index (χ0v) is 20.0. The monoisotopic (exact) mass is 420 g/mol. The van der Waals surface area contributed by atoms with Crippen LogP contribution in [0.3, 0.4) is 0 Å². The van der Waals surface area contributed by atoms with Gasteiger partial charge in [-0.1, -0.05) is 60.7 Å². The number of benzene rings is 2. The van der Waals surface area contributed by atoms with E-state index in [0.717, 1.165) is 12.1 Å². The molecule has 2 heterocycles. The Morgan fingerprint density at radius 3 is 1.45 bits per heavy atom. The second kappa shape index (κ2) is 10.3. The van der Waals surface area contributed by atoms with E-state index in [4.69, 9.17) is 0 Å². The number of rotatable bonds is 8. The van der Waals surface area contributed by atoms with E-state index in [1.54, 1.807) is 0 Å². The van der Waals surface area contributed by atoms with Gasteiger partial charge in [-0.05, 0) is 57.8 Å². The van der Waals surface area contributed by atoms with E-state index in [1.807, 2.05) is 0 Å². The molecule has 2 saturated heterocycles. The summed E-state index contributed by atoms with van der Waals surface area (Å²) < 4.78 is 2.51. The summed E-state index contributed by atoms with van der Waals surface area (Å²) in [5.41, 5.74) is 3.02. The molecule has 168 valence electrons. The van der Waals surface area contributed by atoms with Crippen LogP contribution in [0.4, 0.5) is 0 Å². The number of hydrogen-bond acceptors (Lipinski definition) is 0. The van der Waals surface area contributed by atoms with Crippen LogP contribution in [0.25, 0.3) is 0 Å². The minimum atomic E-state index is 0.838. The smallest absolute Gasteiger partial charge is 0.104 e. The first kappa shape index (κ1) is 22.6. The van der Waals surface area contributed by atoms with E-state index in [-0.39, 0.29) is 0 Å². The number of likely N-dealkylation sites (tertiary alicyclic amines) is 2. The van der Waals surface area contributed by atoms with Crippen LogP contribution in [0.2, 0.25) is 0 Å². The molecule has 0 amide bonds. The van der Waals surface area contributed by atoms with Crippen molar-refractivity contribution in [3.63, 3.8) is 0 Å². The van der Waals surface area contributed by atoms with Crippen molar-refractivity contribution in [3.05, 3.63) is 71.8 Å². The third-order valence-electron chi connectivity index (χ3n) is 8.52. The van der Waals surface area contributed by atoms with Crippen LogP contribution in [-0.4, -0.2) is 48.2 Å². The molecule has 2 nitrogen and oxygen atoms in total. The standard InChI is InChI=1S/C29H44N2/c1-30(24-26-14-5-3-6-15-26)22-11-9-18-28(30)20-13-21-29-19-10-12-23-31(29,2)25-27-16-7-4-8-17-27/h3-8,14-17,28-29H,9-13,18-25H2,1-2H3/q+2. The van der Waals surface area contributed by atoms with Crippen molar-refractivity contribution >= 4 is 0 Å². The van der Waals surface area contributed by atoms with Crippen molar-refractivity contribution in [2.75, 3.05) is 27.2 Å². The SMILES string of the molecule is C[N+]1(Cc2ccccc2)CCCCC1CCCC1CCCC[N+]1(C)Cc1ccccc1. The maximum Gasteiger partial charge on any atom is 0.104 e. The zero-order chi connectivity index (χ0) is 21.6. The van der Waals surface area contributed by atoms with Gasteiger partial charge in [0, 0.05) is 11.1 Å². The molecule has 2 fully saturated rings. The maximum absolute atomic E-state index is 2.53. The molecular weight excluding hydrogens is 376 g/mol. The Hall–Kier alpha value is -1.64. The molecule has 2 aliphatic rings. The number of hydrogen-bond donors (Lipinski definition) is 0. The Bertz CT molecular complexity index is 721. The van der Waals surface area contributed by atoms with Gasteiger partial charge in [-0.3, -0.25) is 0 Å². The Morgan fingerprint density at radius 1 is 0.613 bits per heavy atom. The number of piperidine rings is 2. The van der Waals surface area contributed by atoms with Gasteiger partial charge in [-0.15, -0.1) is 0 Å². The summed E-state index contributed by atoms with van der Waals surface area (Å²) in [6.07, 6.45) is 12.7. The lowest BCUT2D eigenvalue weighted by Crippen LogP contribution is -2.55. The van der Waals surface area contributed by atoms with Crippen LogP contribution in [0, 0.1) is 0 Å². The second-order valence-corrected chi connectivity index (χ2v) is 10.9. The van der Waals surface area contributed by atoms with Gasteiger partial charge in [0.2, 0.25) is 0 Å². The Morgan fingerprint density at radius 2 is 1.03 bits per heavy atom. The number of nitrogens with zero attached hydrogens (tertiary/aromatic N) is 2. The summed E-state index contributed by atoms with van der Waals surface area (Å²) in [6, 6.07) is 24.1. The minimum Gasteiger partial charge on any atom is -0.320 e. The van der Waals surface area contributed by atoms with E-state index in [1.165, 1.54) is 104 Å². The predicted octanol–water partition coefficient (Wildman–Crippen LogP) is 6.56. The van der Waals surface area contributed by atoms with Crippen molar-refractivity contribution in [3.8, 4) is 0 Å². The van der Waals surface area contributed by atoms with Crippen molar-refractivity contribution in [1.29, 1.82) is 0 Å². The van der Waals surface area contributed by atoms with Gasteiger partial charge in [0.25, 0.3) is 0 Å². The molecule has 4 unspecified atom stereocenters. The van der Waals surface area contributed by atoms with E-state index in [2.05, 4.69) is 74.8 Å². The molecule has 31 heavy (non-hydrogen) atoms. The van der Waals surface area contributed by atoms with Crippen molar-refractivity contribution < 1.29 is 8.97 Å². The topological polar surface area (TPSA) is 0 Å². The second-order valence-electron chi connectivity index (χ2n) is 10.9. The van der Waals surface area contributed by atoms with E-state index in [9.17, 15) is 0 Å². The number of quaternary nitrogens is 2. The van der Waals surface area contributed by atoms with Gasteiger partial charge in [0.1, 0.15) is 13.1 Å². The van der Waals surface area contributed by atoms with Gasteiger partial charge >= 0.3 is 0 Å². The average Bonchev–Trinajstić information content (AvgIpc) is 2.77. The largest absolute Gasteiger partial charge is 0.320 e. The molecule has 0 aliphatic carbocycles. The van der Waals surface area contributed by atoms with Crippen LogP contribution < -0.4 is 0 Å². The summed E-state index contributed by atoms with van der Waals surface area (Å²) in [5, 5.41) is 0. The lowest BCUT2D eigenvalue weighted by Gasteiger charge is -2.47. The Labute approximate surface area is 191 Å². The van der Waals surface area contributed by atoms with E-state index < -0.39 is 0 Å². The van der Waals surface area contributed by atoms with E-state index in [0.29, 0.717) is 0 Å². The molecule has 0 saturated carbocycles. The van der Waals surface area contributed by atoms with Gasteiger partial charge in [-0.25, -0.2) is 0 Å². The molecule has 2 aliphatic heterocycles. The van der Waals surface area contributed by atoms with E-state index >= 15 is 0 Å². The lowest BCUT2D eigenvalue weighted by atomic mass is 9.90. The molecule has 0 radical (unpaired) electrons. The zero-order valence-electron chi connectivity index (χ0n) is 20.0. The summed E-state index contributed by atoms with van der Waals surface area (Å²) in [5.74, 6) is 0. The molecule has 4 rings (SSSR count). The quantitative estimate of drug-likeness (QED) is 0.424. The van der Waals surface area contributed by atoms with Gasteiger partial charge in [0.15, 0.2) is 0 Å². The van der Waals surface area contributed by atoms with Gasteiger partial charge in [0.05, 0.1) is 39.3 Å². The fourth-order valence-corrected chi connectivity index (χ4v) is 6.61. The lowest BCUT2D eigenvalue weighted by molar-refractivity contribution is -0.953. The normalized spacial score (nSPS) is 31.4. The highest BCUT2D eigenvalue weighted by Gasteiger charge is 2.38. The molecule has 2 heteroatoms. The maximum atomic E-state index is 2.53. The highest BCUT2D eigenvalue weighted by molar-refractivity contribution is 5.14. The predicted molar refractivity (Wildman–Crippen MR) is 132 cm³/mol. The fraction of sp³-hybridized carbons (Fsp3) is 0.586. The summed E-state index contributed by atoms with van der Waals surface area (Å²) in [6.45, 7) is 5.11. The molecule has 0 aromatic heterocycles. The first-order valence-electron chi connectivity index (χ1n) is 12.8. The highest BCUT2D eigenvalue weighted by Crippen LogP contribution is 2.33. The summed E-state index contributed by atoms with van der Waals surface area (Å²) in [4.78, 5) is 0.